The summed E-state index contributed by atoms with van der Waals surface area (Å²) in [6.07, 6.45) is 3.73. The van der Waals surface area contributed by atoms with Gasteiger partial charge in [-0.1, -0.05) is 67.6 Å². The van der Waals surface area contributed by atoms with Crippen molar-refractivity contribution in [2.24, 2.45) is 5.92 Å². The highest BCUT2D eigenvalue weighted by Gasteiger charge is 2.42. The first-order chi connectivity index (χ1) is 24.1. The van der Waals surface area contributed by atoms with Gasteiger partial charge in [0.25, 0.3) is 5.91 Å². The number of carbonyl (C=O) groups is 2. The number of pyridine rings is 1. The summed E-state index contributed by atoms with van der Waals surface area (Å²) in [5, 5.41) is 12.6. The highest BCUT2D eigenvalue weighted by atomic mass is 16.7. The van der Waals surface area contributed by atoms with Crippen LogP contribution in [0.3, 0.4) is 0 Å². The van der Waals surface area contributed by atoms with E-state index in [1.54, 1.807) is 24.5 Å². The van der Waals surface area contributed by atoms with E-state index in [0.717, 1.165) is 52.8 Å². The van der Waals surface area contributed by atoms with E-state index in [2.05, 4.69) is 46.4 Å². The molecule has 5 atom stereocenters. The Labute approximate surface area is 294 Å². The number of benzene rings is 3. The van der Waals surface area contributed by atoms with Crippen LogP contribution >= 0.6 is 0 Å². The molecule has 262 valence electrons. The van der Waals surface area contributed by atoms with E-state index >= 15 is 0 Å². The van der Waals surface area contributed by atoms with Gasteiger partial charge in [0.15, 0.2) is 6.29 Å². The molecule has 9 nitrogen and oxygen atoms in total. The van der Waals surface area contributed by atoms with Gasteiger partial charge >= 0.3 is 5.97 Å². The second-order valence-electron chi connectivity index (χ2n) is 14.3. The Morgan fingerprint density at radius 3 is 2.42 bits per heavy atom. The van der Waals surface area contributed by atoms with E-state index < -0.39 is 11.9 Å². The summed E-state index contributed by atoms with van der Waals surface area (Å²) in [4.78, 5) is 32.0. The normalized spacial score (nSPS) is 22.6. The largest absolute Gasteiger partial charge is 0.459 e. The van der Waals surface area contributed by atoms with Crippen LogP contribution in [-0.2, 0) is 32.2 Å². The van der Waals surface area contributed by atoms with Crippen LogP contribution in [0.2, 0.25) is 0 Å². The van der Waals surface area contributed by atoms with Gasteiger partial charge in [0, 0.05) is 37.0 Å². The van der Waals surface area contributed by atoms with Crippen LogP contribution in [0.15, 0.2) is 97.3 Å². The summed E-state index contributed by atoms with van der Waals surface area (Å²) < 4.78 is 19.3. The number of nitrogens with one attached hydrogen (secondary N) is 1. The lowest BCUT2D eigenvalue weighted by molar-refractivity contribution is -0.276. The highest BCUT2D eigenvalue weighted by Crippen LogP contribution is 2.43. The maximum absolute atomic E-state index is 13.2. The monoisotopic (exact) mass is 677 g/mol. The van der Waals surface area contributed by atoms with Crippen molar-refractivity contribution in [3.8, 4) is 11.1 Å². The SMILES string of the molecule is C[C@@H]1[C@H](CN2CCC[C@H]2C(=O)OC(C)(C)C)O[C@H](c2cccc(-c3cccc(CNC(=O)c4cccnc4)c3)c2)O[C@@H]1c1ccc(CO)cc1. The predicted octanol–water partition coefficient (Wildman–Crippen LogP) is 6.77. The molecule has 0 spiro atoms. The Kier molecular flexibility index (Phi) is 11.1. The molecule has 9 heteroatoms. The van der Waals surface area contributed by atoms with Crippen molar-refractivity contribution in [1.82, 2.24) is 15.2 Å². The van der Waals surface area contributed by atoms with E-state index in [0.29, 0.717) is 18.7 Å². The maximum atomic E-state index is 13.2. The van der Waals surface area contributed by atoms with E-state index in [-0.39, 0.29) is 42.7 Å². The third-order valence-corrected chi connectivity index (χ3v) is 9.38. The lowest BCUT2D eigenvalue weighted by Crippen LogP contribution is -2.48. The lowest BCUT2D eigenvalue weighted by Gasteiger charge is -2.43. The van der Waals surface area contributed by atoms with Gasteiger partial charge in [-0.25, -0.2) is 0 Å². The standard InChI is InChI=1S/C41H47N3O6/c1-27-36(25-44-20-8-14-35(44)39(47)50-41(2,3)4)48-40(49-37(27)30-17-15-28(26-45)16-18-30)33-12-6-11-32(22-33)31-10-5-9-29(21-31)23-43-38(46)34-13-7-19-42-24-34/h5-7,9-13,15-19,21-22,24,27,35-37,40,45H,8,14,20,23,25-26H2,1-4H3,(H,43,46)/t27-,35+,36+,37+,40+/m1/s1. The molecule has 4 aromatic rings. The van der Waals surface area contributed by atoms with E-state index in [1.165, 1.54) is 0 Å². The number of aromatic nitrogens is 1. The second kappa shape index (κ2) is 15.6. The molecular formula is C41H47N3O6. The average molecular weight is 678 g/mol. The van der Waals surface area contributed by atoms with Crippen molar-refractivity contribution in [2.75, 3.05) is 13.1 Å². The number of likely N-dealkylation sites (tertiary alicyclic amines) is 1. The second-order valence-corrected chi connectivity index (χ2v) is 14.3. The fourth-order valence-electron chi connectivity index (χ4n) is 6.75. The maximum Gasteiger partial charge on any atom is 0.323 e. The Bertz CT molecular complexity index is 1760. The number of aliphatic hydroxyl groups excluding tert-OH is 1. The Morgan fingerprint density at radius 1 is 0.940 bits per heavy atom. The molecule has 6 rings (SSSR count). The minimum absolute atomic E-state index is 0.0205. The van der Waals surface area contributed by atoms with Gasteiger partial charge < -0.3 is 24.6 Å². The quantitative estimate of drug-likeness (QED) is 0.177. The molecule has 2 N–H and O–H groups in total. The fraction of sp³-hybridized carbons (Fsp3) is 0.390. The number of hydrogen-bond donors (Lipinski definition) is 2. The van der Waals surface area contributed by atoms with Crippen LogP contribution in [0.25, 0.3) is 11.1 Å². The molecule has 3 heterocycles. The van der Waals surface area contributed by atoms with E-state index in [4.69, 9.17) is 14.2 Å². The van der Waals surface area contributed by atoms with Crippen LogP contribution in [-0.4, -0.2) is 57.7 Å². The third kappa shape index (κ3) is 8.65. The number of hydrogen-bond acceptors (Lipinski definition) is 8. The average Bonchev–Trinajstić information content (AvgIpc) is 3.60. The molecule has 50 heavy (non-hydrogen) atoms. The van der Waals surface area contributed by atoms with Gasteiger partial charge in [0.05, 0.1) is 24.4 Å². The van der Waals surface area contributed by atoms with Crippen molar-refractivity contribution >= 4 is 11.9 Å². The molecule has 0 aliphatic carbocycles. The van der Waals surface area contributed by atoms with Gasteiger partial charge in [-0.2, -0.15) is 0 Å². The Morgan fingerprint density at radius 2 is 1.70 bits per heavy atom. The van der Waals surface area contributed by atoms with Gasteiger partial charge in [-0.3, -0.25) is 19.5 Å². The zero-order valence-corrected chi connectivity index (χ0v) is 29.2. The van der Waals surface area contributed by atoms with Crippen LogP contribution in [0.5, 0.6) is 0 Å². The molecule has 2 aliphatic rings. The van der Waals surface area contributed by atoms with Gasteiger partial charge in [-0.05, 0) is 92.2 Å². The number of esters is 1. The van der Waals surface area contributed by atoms with Crippen molar-refractivity contribution in [1.29, 1.82) is 0 Å². The molecule has 2 fully saturated rings. The first-order valence-electron chi connectivity index (χ1n) is 17.4. The molecule has 2 aliphatic heterocycles. The summed E-state index contributed by atoms with van der Waals surface area (Å²) in [6.45, 7) is 9.56. The van der Waals surface area contributed by atoms with Crippen LogP contribution < -0.4 is 5.32 Å². The molecule has 0 saturated carbocycles. The lowest BCUT2D eigenvalue weighted by atomic mass is 9.89. The molecule has 0 radical (unpaired) electrons. The molecule has 3 aromatic carbocycles. The van der Waals surface area contributed by atoms with Gasteiger partial charge in [-0.15, -0.1) is 0 Å². The Balaban J connectivity index is 1.23. The van der Waals surface area contributed by atoms with E-state index in [1.807, 2.05) is 69.3 Å². The number of carbonyl (C=O) groups excluding carboxylic acids is 2. The summed E-state index contributed by atoms with van der Waals surface area (Å²) in [6, 6.07) is 27.3. The molecule has 1 aromatic heterocycles. The van der Waals surface area contributed by atoms with Gasteiger partial charge in [0.1, 0.15) is 11.6 Å². The smallest absolute Gasteiger partial charge is 0.323 e. The molecular weight excluding hydrogens is 630 g/mol. The van der Waals surface area contributed by atoms with Crippen LogP contribution in [0.4, 0.5) is 0 Å². The Hall–Kier alpha value is -4.41. The number of rotatable bonds is 10. The van der Waals surface area contributed by atoms with Crippen molar-refractivity contribution in [3.63, 3.8) is 0 Å². The van der Waals surface area contributed by atoms with Crippen LogP contribution in [0.1, 0.15) is 85.5 Å². The molecule has 1 amide bonds. The predicted molar refractivity (Wildman–Crippen MR) is 191 cm³/mol. The number of amides is 1. The molecule has 0 unspecified atom stereocenters. The first kappa shape index (κ1) is 35.4. The van der Waals surface area contributed by atoms with Crippen molar-refractivity contribution < 1.29 is 28.9 Å². The van der Waals surface area contributed by atoms with Crippen molar-refractivity contribution in [3.05, 3.63) is 125 Å². The topological polar surface area (TPSA) is 110 Å². The molecule has 0 bridgehead atoms. The van der Waals surface area contributed by atoms with E-state index in [9.17, 15) is 14.7 Å². The summed E-state index contributed by atoms with van der Waals surface area (Å²) in [5.74, 6) is -0.380. The minimum atomic E-state index is -0.650. The summed E-state index contributed by atoms with van der Waals surface area (Å²) in [5.41, 5.74) is 5.68. The third-order valence-electron chi connectivity index (χ3n) is 9.38. The van der Waals surface area contributed by atoms with Crippen molar-refractivity contribution in [2.45, 2.75) is 83.8 Å². The fourth-order valence-corrected chi connectivity index (χ4v) is 6.75. The zero-order valence-electron chi connectivity index (χ0n) is 29.2. The number of aliphatic hydroxyl groups is 1. The number of ether oxygens (including phenoxy) is 3. The molecule has 2 saturated heterocycles. The highest BCUT2D eigenvalue weighted by molar-refractivity contribution is 5.93. The summed E-state index contributed by atoms with van der Waals surface area (Å²) >= 11 is 0. The minimum Gasteiger partial charge on any atom is -0.459 e. The number of nitrogens with zero attached hydrogens (tertiary/aromatic N) is 2. The van der Waals surface area contributed by atoms with Crippen LogP contribution in [0, 0.1) is 5.92 Å². The van der Waals surface area contributed by atoms with Gasteiger partial charge in [0.2, 0.25) is 0 Å². The zero-order chi connectivity index (χ0) is 35.3. The first-order valence-corrected chi connectivity index (χ1v) is 17.4. The summed E-state index contributed by atoms with van der Waals surface area (Å²) in [7, 11) is 0.